The van der Waals surface area contributed by atoms with Crippen molar-refractivity contribution in [3.8, 4) is 0 Å². The molecule has 1 atom stereocenters. The first-order valence-corrected chi connectivity index (χ1v) is 8.01. The van der Waals surface area contributed by atoms with Gasteiger partial charge in [-0.25, -0.2) is 21.6 Å². The van der Waals surface area contributed by atoms with Crippen molar-refractivity contribution in [3.05, 3.63) is 59.9 Å². The first kappa shape index (κ1) is 17.0. The average molecular weight is 343 g/mol. The molecule has 4 nitrogen and oxygen atoms in total. The largest absolute Gasteiger partial charge is 0.325 e. The van der Waals surface area contributed by atoms with Gasteiger partial charge in [0.2, 0.25) is 5.91 Å². The maximum absolute atomic E-state index is 13.1. The summed E-state index contributed by atoms with van der Waals surface area (Å²) >= 11 is 0. The van der Waals surface area contributed by atoms with Crippen LogP contribution in [0.15, 0.2) is 47.4 Å². The van der Waals surface area contributed by atoms with E-state index < -0.39 is 38.4 Å². The van der Waals surface area contributed by atoms with E-state index in [-0.39, 0.29) is 10.6 Å². The predicted molar refractivity (Wildman–Crippen MR) is 78.0 cm³/mol. The summed E-state index contributed by atoms with van der Waals surface area (Å²) in [5.41, 5.74) is -0.200. The summed E-state index contributed by atoms with van der Waals surface area (Å²) in [7, 11) is -4.06. The number of carbonyl (C=O) groups excluding carboxylic acids is 1. The molecule has 0 fully saturated rings. The van der Waals surface area contributed by atoms with Crippen LogP contribution in [0.4, 0.5) is 18.9 Å². The van der Waals surface area contributed by atoms with E-state index in [4.69, 9.17) is 0 Å². The van der Waals surface area contributed by atoms with Crippen LogP contribution in [0.5, 0.6) is 0 Å². The van der Waals surface area contributed by atoms with Gasteiger partial charge in [0.25, 0.3) is 0 Å². The number of nitrogens with one attached hydrogen (secondary N) is 1. The van der Waals surface area contributed by atoms with Crippen molar-refractivity contribution in [1.29, 1.82) is 0 Å². The third-order valence-corrected chi connectivity index (χ3v) is 5.18. The Morgan fingerprint density at radius 1 is 0.957 bits per heavy atom. The minimum atomic E-state index is -4.06. The van der Waals surface area contributed by atoms with Gasteiger partial charge in [-0.05, 0) is 43.3 Å². The predicted octanol–water partition coefficient (Wildman–Crippen LogP) is 2.90. The molecular weight excluding hydrogens is 331 g/mol. The molecule has 0 bridgehead atoms. The minimum Gasteiger partial charge on any atom is -0.325 e. The lowest BCUT2D eigenvalue weighted by Crippen LogP contribution is -2.32. The zero-order valence-electron chi connectivity index (χ0n) is 11.9. The molecule has 0 unspecified atom stereocenters. The molecule has 122 valence electrons. The normalized spacial score (nSPS) is 12.7. The number of halogens is 3. The number of sulfone groups is 1. The molecule has 0 aromatic heterocycles. The van der Waals surface area contributed by atoms with E-state index in [1.807, 2.05) is 0 Å². The number of benzene rings is 2. The molecule has 1 amide bonds. The number of hydrogen-bond acceptors (Lipinski definition) is 3. The lowest BCUT2D eigenvalue weighted by atomic mass is 10.3. The van der Waals surface area contributed by atoms with Crippen LogP contribution >= 0.6 is 0 Å². The molecular formula is C15H12F3NO3S. The molecule has 2 aromatic rings. The van der Waals surface area contributed by atoms with Crippen LogP contribution in [0.3, 0.4) is 0 Å². The molecule has 1 N–H and O–H groups in total. The van der Waals surface area contributed by atoms with Gasteiger partial charge in [-0.2, -0.15) is 0 Å². The Bertz CT molecular complexity index is 815. The summed E-state index contributed by atoms with van der Waals surface area (Å²) in [5, 5.41) is 0.610. The second-order valence-corrected chi connectivity index (χ2v) is 7.06. The monoisotopic (exact) mass is 343 g/mol. The standard InChI is InChI=1S/C15H12F3NO3S/c1-9(23(21,22)14-4-2-10(16)3-5-14)15(20)19-13-7-11(17)6-12(18)8-13/h2-9H,1H3,(H,19,20)/t9-/m1/s1. The smallest absolute Gasteiger partial charge is 0.242 e. The van der Waals surface area contributed by atoms with Gasteiger partial charge in [0.1, 0.15) is 22.7 Å². The Labute approximate surface area is 130 Å². The number of rotatable bonds is 4. The summed E-state index contributed by atoms with van der Waals surface area (Å²) in [6, 6.07) is 6.33. The molecule has 0 spiro atoms. The highest BCUT2D eigenvalue weighted by Gasteiger charge is 2.30. The van der Waals surface area contributed by atoms with E-state index in [2.05, 4.69) is 5.32 Å². The van der Waals surface area contributed by atoms with E-state index in [1.54, 1.807) is 0 Å². The zero-order valence-corrected chi connectivity index (χ0v) is 12.7. The molecule has 0 saturated carbocycles. The highest BCUT2D eigenvalue weighted by molar-refractivity contribution is 7.92. The van der Waals surface area contributed by atoms with Crippen molar-refractivity contribution in [2.45, 2.75) is 17.1 Å². The van der Waals surface area contributed by atoms with Crippen molar-refractivity contribution in [3.63, 3.8) is 0 Å². The fourth-order valence-corrected chi connectivity index (χ4v) is 3.10. The minimum absolute atomic E-state index is 0.200. The fraction of sp³-hybridized carbons (Fsp3) is 0.133. The third-order valence-electron chi connectivity index (χ3n) is 3.11. The molecule has 0 saturated heterocycles. The summed E-state index contributed by atoms with van der Waals surface area (Å²) in [6.07, 6.45) is 0. The van der Waals surface area contributed by atoms with Crippen LogP contribution in [0, 0.1) is 17.5 Å². The summed E-state index contributed by atoms with van der Waals surface area (Å²) in [4.78, 5) is 11.8. The molecule has 0 aliphatic rings. The van der Waals surface area contributed by atoms with E-state index in [1.165, 1.54) is 0 Å². The summed E-state index contributed by atoms with van der Waals surface area (Å²) < 4.78 is 63.6. The van der Waals surface area contributed by atoms with Crippen molar-refractivity contribution >= 4 is 21.4 Å². The second kappa shape index (κ2) is 6.41. The number of amides is 1. The molecule has 2 rings (SSSR count). The molecule has 0 aliphatic carbocycles. The van der Waals surface area contributed by atoms with E-state index >= 15 is 0 Å². The van der Waals surface area contributed by atoms with Crippen LogP contribution in [-0.2, 0) is 14.6 Å². The van der Waals surface area contributed by atoms with Gasteiger partial charge in [-0.3, -0.25) is 4.79 Å². The molecule has 0 radical (unpaired) electrons. The molecule has 8 heteroatoms. The molecule has 23 heavy (non-hydrogen) atoms. The second-order valence-electron chi connectivity index (χ2n) is 4.79. The van der Waals surface area contributed by atoms with E-state index in [9.17, 15) is 26.4 Å². The number of hydrogen-bond donors (Lipinski definition) is 1. The third kappa shape index (κ3) is 3.89. The average Bonchev–Trinajstić information content (AvgIpc) is 2.45. The summed E-state index contributed by atoms with van der Waals surface area (Å²) in [6.45, 7) is 1.13. The Hall–Kier alpha value is -2.35. The molecule has 0 aliphatic heterocycles. The van der Waals surface area contributed by atoms with Crippen molar-refractivity contribution in [2.75, 3.05) is 5.32 Å². The maximum Gasteiger partial charge on any atom is 0.242 e. The quantitative estimate of drug-likeness (QED) is 0.868. The van der Waals surface area contributed by atoms with E-state index in [0.29, 0.717) is 6.07 Å². The van der Waals surface area contributed by atoms with E-state index in [0.717, 1.165) is 43.3 Å². The van der Waals surface area contributed by atoms with Gasteiger partial charge in [0.05, 0.1) is 4.90 Å². The van der Waals surface area contributed by atoms with Crippen LogP contribution in [0.2, 0.25) is 0 Å². The Morgan fingerprint density at radius 2 is 1.48 bits per heavy atom. The number of carbonyl (C=O) groups is 1. The van der Waals surface area contributed by atoms with Gasteiger partial charge >= 0.3 is 0 Å². The van der Waals surface area contributed by atoms with Gasteiger partial charge in [0, 0.05) is 11.8 Å². The van der Waals surface area contributed by atoms with Crippen LogP contribution in [0.1, 0.15) is 6.92 Å². The van der Waals surface area contributed by atoms with Gasteiger partial charge < -0.3 is 5.32 Å². The van der Waals surface area contributed by atoms with Crippen LogP contribution in [-0.4, -0.2) is 19.6 Å². The maximum atomic E-state index is 13.1. The van der Waals surface area contributed by atoms with Crippen molar-refractivity contribution in [2.24, 2.45) is 0 Å². The first-order chi connectivity index (χ1) is 10.7. The van der Waals surface area contributed by atoms with Gasteiger partial charge in [-0.15, -0.1) is 0 Å². The fourth-order valence-electron chi connectivity index (χ4n) is 1.84. The van der Waals surface area contributed by atoms with Crippen LogP contribution < -0.4 is 5.32 Å². The van der Waals surface area contributed by atoms with Gasteiger partial charge in [-0.1, -0.05) is 0 Å². The first-order valence-electron chi connectivity index (χ1n) is 6.46. The Kier molecular flexibility index (Phi) is 4.74. The Balaban J connectivity index is 2.23. The lowest BCUT2D eigenvalue weighted by molar-refractivity contribution is -0.115. The molecule has 0 heterocycles. The number of anilines is 1. The van der Waals surface area contributed by atoms with Crippen molar-refractivity contribution < 1.29 is 26.4 Å². The Morgan fingerprint density at radius 3 is 2.00 bits per heavy atom. The summed E-state index contributed by atoms with van der Waals surface area (Å²) in [5.74, 6) is -3.39. The zero-order chi connectivity index (χ0) is 17.2. The van der Waals surface area contributed by atoms with Gasteiger partial charge in [0.15, 0.2) is 9.84 Å². The lowest BCUT2D eigenvalue weighted by Gasteiger charge is -2.13. The highest BCUT2D eigenvalue weighted by atomic mass is 32.2. The van der Waals surface area contributed by atoms with Crippen molar-refractivity contribution in [1.82, 2.24) is 0 Å². The van der Waals surface area contributed by atoms with Crippen LogP contribution in [0.25, 0.3) is 0 Å². The SMILES string of the molecule is C[C@H](C(=O)Nc1cc(F)cc(F)c1)S(=O)(=O)c1ccc(F)cc1. The highest BCUT2D eigenvalue weighted by Crippen LogP contribution is 2.19. The topological polar surface area (TPSA) is 63.2 Å². The molecule has 2 aromatic carbocycles.